The number of methoxy groups -OCH3 is 1. The Labute approximate surface area is 168 Å². The first-order chi connectivity index (χ1) is 13.0. The molecule has 144 valence electrons. The summed E-state index contributed by atoms with van der Waals surface area (Å²) in [5.74, 6) is 0.427. The van der Waals surface area contributed by atoms with Gasteiger partial charge in [0.25, 0.3) is 5.91 Å². The van der Waals surface area contributed by atoms with Crippen LogP contribution in [0.3, 0.4) is 0 Å². The van der Waals surface area contributed by atoms with Crippen LogP contribution in [0.15, 0.2) is 47.4 Å². The van der Waals surface area contributed by atoms with E-state index in [1.807, 2.05) is 43.3 Å². The van der Waals surface area contributed by atoms with Gasteiger partial charge in [0.1, 0.15) is 11.9 Å². The minimum Gasteiger partial charge on any atom is -0.497 e. The average Bonchev–Trinajstić information content (AvgIpc) is 2.78. The minimum absolute atomic E-state index is 0.303. The van der Waals surface area contributed by atoms with Crippen LogP contribution in [0, 0.1) is 0 Å². The quantitative estimate of drug-likeness (QED) is 0.719. The van der Waals surface area contributed by atoms with Gasteiger partial charge in [-0.05, 0) is 42.4 Å². The maximum Gasteiger partial charge on any atom is 0.257 e. The Hall–Kier alpha value is -1.73. The highest BCUT2D eigenvalue weighted by Crippen LogP contribution is 2.46. The molecule has 0 saturated carbocycles. The molecule has 2 N–H and O–H groups in total. The van der Waals surface area contributed by atoms with E-state index in [1.54, 1.807) is 18.1 Å². The summed E-state index contributed by atoms with van der Waals surface area (Å²) < 4.78 is 5.20. The van der Waals surface area contributed by atoms with Crippen LogP contribution in [0.5, 0.6) is 5.75 Å². The zero-order valence-electron chi connectivity index (χ0n) is 15.3. The van der Waals surface area contributed by atoms with Gasteiger partial charge in [0.05, 0.1) is 18.0 Å². The SMILES string of the molecule is CCNCCN1C(=O)[C@H](O)[C@H](c2ccc(OC)cc2)Sc2cc(Cl)ccc21. The molecule has 2 atom stereocenters. The number of hydrogen-bond acceptors (Lipinski definition) is 5. The lowest BCUT2D eigenvalue weighted by Crippen LogP contribution is -2.43. The maximum atomic E-state index is 13.1. The number of rotatable bonds is 6. The number of fused-ring (bicyclic) bond motifs is 1. The number of benzene rings is 2. The largest absolute Gasteiger partial charge is 0.497 e. The Bertz CT molecular complexity index is 800. The Kier molecular flexibility index (Phi) is 6.65. The summed E-state index contributed by atoms with van der Waals surface area (Å²) in [6, 6.07) is 12.9. The van der Waals surface area contributed by atoms with Gasteiger partial charge in [-0.2, -0.15) is 0 Å². The molecule has 1 aliphatic rings. The molecular weight excluding hydrogens is 384 g/mol. The topological polar surface area (TPSA) is 61.8 Å². The molecule has 0 aromatic heterocycles. The monoisotopic (exact) mass is 406 g/mol. The van der Waals surface area contributed by atoms with Crippen molar-refractivity contribution >= 4 is 35.0 Å². The molecule has 1 heterocycles. The van der Waals surface area contributed by atoms with Crippen molar-refractivity contribution in [1.29, 1.82) is 0 Å². The van der Waals surface area contributed by atoms with Crippen molar-refractivity contribution in [3.63, 3.8) is 0 Å². The van der Waals surface area contributed by atoms with E-state index in [9.17, 15) is 9.90 Å². The first-order valence-corrected chi connectivity index (χ1v) is 10.1. The minimum atomic E-state index is -1.16. The van der Waals surface area contributed by atoms with Gasteiger partial charge in [0.15, 0.2) is 0 Å². The number of carbonyl (C=O) groups excluding carboxylic acids is 1. The lowest BCUT2D eigenvalue weighted by atomic mass is 10.1. The molecule has 0 radical (unpaired) electrons. The second kappa shape index (κ2) is 8.97. The van der Waals surface area contributed by atoms with E-state index in [0.717, 1.165) is 28.4 Å². The number of likely N-dealkylation sites (N-methyl/N-ethyl adjacent to an activating group) is 1. The second-order valence-corrected chi connectivity index (χ2v) is 7.83. The molecule has 7 heteroatoms. The number of hydrogen-bond donors (Lipinski definition) is 2. The molecule has 0 fully saturated rings. The summed E-state index contributed by atoms with van der Waals surface area (Å²) in [7, 11) is 1.61. The summed E-state index contributed by atoms with van der Waals surface area (Å²) in [6.45, 7) is 3.97. The molecule has 5 nitrogen and oxygen atoms in total. The zero-order chi connectivity index (χ0) is 19.4. The van der Waals surface area contributed by atoms with Crippen LogP contribution in [-0.2, 0) is 4.79 Å². The summed E-state index contributed by atoms with van der Waals surface area (Å²) in [4.78, 5) is 15.6. The van der Waals surface area contributed by atoms with Crippen LogP contribution in [0.25, 0.3) is 0 Å². The fourth-order valence-corrected chi connectivity index (χ4v) is 4.60. The van der Waals surface area contributed by atoms with E-state index in [0.29, 0.717) is 18.1 Å². The van der Waals surface area contributed by atoms with Gasteiger partial charge in [-0.3, -0.25) is 4.79 Å². The number of nitrogens with zero attached hydrogens (tertiary/aromatic N) is 1. The summed E-state index contributed by atoms with van der Waals surface area (Å²) in [6.07, 6.45) is -1.16. The van der Waals surface area contributed by atoms with Gasteiger partial charge in [0.2, 0.25) is 0 Å². The number of thioether (sulfide) groups is 1. The molecular formula is C20H23ClN2O3S. The van der Waals surface area contributed by atoms with E-state index in [4.69, 9.17) is 16.3 Å². The van der Waals surface area contributed by atoms with Crippen LogP contribution < -0.4 is 15.0 Å². The lowest BCUT2D eigenvalue weighted by Gasteiger charge is -2.25. The Balaban J connectivity index is 1.98. The first kappa shape index (κ1) is 20.0. The normalized spacial score (nSPS) is 19.6. The third kappa shape index (κ3) is 4.41. The number of anilines is 1. The number of halogens is 1. The molecule has 2 aromatic carbocycles. The smallest absolute Gasteiger partial charge is 0.257 e. The van der Waals surface area contributed by atoms with Crippen molar-refractivity contribution < 1.29 is 14.6 Å². The molecule has 0 saturated heterocycles. The van der Waals surface area contributed by atoms with Crippen LogP contribution in [0.2, 0.25) is 5.02 Å². The molecule has 1 amide bonds. The lowest BCUT2D eigenvalue weighted by molar-refractivity contribution is -0.126. The Morgan fingerprint density at radius 2 is 2.00 bits per heavy atom. The van der Waals surface area contributed by atoms with Gasteiger partial charge in [-0.1, -0.05) is 30.7 Å². The third-order valence-corrected chi connectivity index (χ3v) is 6.08. The number of aliphatic hydroxyl groups is 1. The molecule has 0 spiro atoms. The number of amides is 1. The second-order valence-electron chi connectivity index (χ2n) is 6.21. The van der Waals surface area contributed by atoms with Crippen molar-refractivity contribution in [1.82, 2.24) is 5.32 Å². The maximum absolute atomic E-state index is 13.1. The Morgan fingerprint density at radius 1 is 1.26 bits per heavy atom. The van der Waals surface area contributed by atoms with Crippen LogP contribution in [0.1, 0.15) is 17.7 Å². The fourth-order valence-electron chi connectivity index (χ4n) is 3.06. The van der Waals surface area contributed by atoms with Crippen molar-refractivity contribution in [2.45, 2.75) is 23.2 Å². The zero-order valence-corrected chi connectivity index (χ0v) is 16.9. The molecule has 0 aliphatic carbocycles. The third-order valence-electron chi connectivity index (χ3n) is 4.48. The summed E-state index contributed by atoms with van der Waals surface area (Å²) in [5.41, 5.74) is 1.64. The summed E-state index contributed by atoms with van der Waals surface area (Å²) >= 11 is 7.66. The van der Waals surface area contributed by atoms with Crippen molar-refractivity contribution in [2.75, 3.05) is 31.6 Å². The summed E-state index contributed by atoms with van der Waals surface area (Å²) in [5, 5.41) is 14.3. The van der Waals surface area contributed by atoms with E-state index in [2.05, 4.69) is 5.32 Å². The first-order valence-electron chi connectivity index (χ1n) is 8.85. The van der Waals surface area contributed by atoms with E-state index in [1.165, 1.54) is 11.8 Å². The van der Waals surface area contributed by atoms with Crippen molar-refractivity contribution in [3.05, 3.63) is 53.1 Å². The molecule has 1 aliphatic heterocycles. The molecule has 0 bridgehead atoms. The number of carbonyl (C=O) groups is 1. The van der Waals surface area contributed by atoms with Gasteiger partial charge < -0.3 is 20.1 Å². The number of ether oxygens (including phenoxy) is 1. The predicted molar refractivity (Wildman–Crippen MR) is 110 cm³/mol. The number of nitrogens with one attached hydrogen (secondary N) is 1. The standard InChI is InChI=1S/C20H23ClN2O3S/c1-3-22-10-11-23-16-9-6-14(21)12-17(16)27-19(18(24)20(23)25)13-4-7-15(26-2)8-5-13/h4-9,12,18-19,22,24H,3,10-11H2,1-2H3/t18-,19+/m1/s1. The van der Waals surface area contributed by atoms with Crippen molar-refractivity contribution in [2.24, 2.45) is 0 Å². The number of aliphatic hydroxyl groups excluding tert-OH is 1. The molecule has 3 rings (SSSR count). The molecule has 2 aromatic rings. The fraction of sp³-hybridized carbons (Fsp3) is 0.350. The van der Waals surface area contributed by atoms with Gasteiger partial charge in [-0.15, -0.1) is 11.8 Å². The highest BCUT2D eigenvalue weighted by Gasteiger charge is 2.37. The van der Waals surface area contributed by atoms with E-state index < -0.39 is 11.4 Å². The molecule has 0 unspecified atom stereocenters. The van der Waals surface area contributed by atoms with Crippen LogP contribution >= 0.6 is 23.4 Å². The highest BCUT2D eigenvalue weighted by molar-refractivity contribution is 7.99. The average molecular weight is 407 g/mol. The predicted octanol–water partition coefficient (Wildman–Crippen LogP) is 3.50. The van der Waals surface area contributed by atoms with Gasteiger partial charge in [-0.25, -0.2) is 0 Å². The van der Waals surface area contributed by atoms with Gasteiger partial charge in [0, 0.05) is 23.0 Å². The van der Waals surface area contributed by atoms with E-state index in [-0.39, 0.29) is 5.91 Å². The highest BCUT2D eigenvalue weighted by atomic mass is 35.5. The Morgan fingerprint density at radius 3 is 2.67 bits per heavy atom. The van der Waals surface area contributed by atoms with Crippen LogP contribution in [-0.4, -0.2) is 43.9 Å². The van der Waals surface area contributed by atoms with Crippen molar-refractivity contribution in [3.8, 4) is 5.75 Å². The molecule has 27 heavy (non-hydrogen) atoms. The van der Waals surface area contributed by atoms with Crippen LogP contribution in [0.4, 0.5) is 5.69 Å². The van der Waals surface area contributed by atoms with Gasteiger partial charge >= 0.3 is 0 Å². The van der Waals surface area contributed by atoms with E-state index >= 15 is 0 Å².